The van der Waals surface area contributed by atoms with Crippen LogP contribution in [0.25, 0.3) is 5.69 Å². The van der Waals surface area contributed by atoms with E-state index in [4.69, 9.17) is 21.1 Å². The Hall–Kier alpha value is -3.89. The van der Waals surface area contributed by atoms with Crippen LogP contribution in [0.2, 0.25) is 5.02 Å². The largest absolute Gasteiger partial charge is 0.494 e. The number of nitrogens with two attached hydrogens (primary N) is 1. The highest BCUT2D eigenvalue weighted by Gasteiger charge is 2.33. The quantitative estimate of drug-likeness (QED) is 0.274. The molecule has 2 aromatic carbocycles. The van der Waals surface area contributed by atoms with Crippen LogP contribution in [0, 0.1) is 6.92 Å². The lowest BCUT2D eigenvalue weighted by Crippen LogP contribution is -2.46. The summed E-state index contributed by atoms with van der Waals surface area (Å²) in [6.45, 7) is 9.83. The molecule has 11 heteroatoms. The summed E-state index contributed by atoms with van der Waals surface area (Å²) in [5.41, 5.74) is 7.97. The number of nitrogens with zero attached hydrogens (tertiary/aromatic N) is 4. The van der Waals surface area contributed by atoms with Crippen molar-refractivity contribution in [3.05, 3.63) is 75.6 Å². The maximum Gasteiger partial charge on any atom is 0.275 e. The van der Waals surface area contributed by atoms with Crippen molar-refractivity contribution in [3.63, 3.8) is 0 Å². The SMILES string of the molecule is CCCCN(CCCC)C(=O)c1nn(-c2ccc(OCC)cc2C(=O)N2Cc3ccccc3CC2CO)c(C)c1Cl.NC=O. The monoisotopic (exact) mass is 625 g/mol. The number of carbonyl (C=O) groups is 3. The molecule has 1 unspecified atom stereocenters. The molecule has 44 heavy (non-hydrogen) atoms. The highest BCUT2D eigenvalue weighted by molar-refractivity contribution is 6.34. The maximum atomic E-state index is 14.2. The number of hydrogen-bond acceptors (Lipinski definition) is 6. The average molecular weight is 626 g/mol. The van der Waals surface area contributed by atoms with Gasteiger partial charge in [0, 0.05) is 19.6 Å². The van der Waals surface area contributed by atoms with Crippen LogP contribution in [-0.2, 0) is 17.8 Å². The molecule has 0 aliphatic carbocycles. The molecule has 238 valence electrons. The summed E-state index contributed by atoms with van der Waals surface area (Å²) in [7, 11) is 0. The van der Waals surface area contributed by atoms with Crippen LogP contribution in [0.5, 0.6) is 5.75 Å². The number of aliphatic hydroxyl groups excluding tert-OH is 1. The van der Waals surface area contributed by atoms with Gasteiger partial charge in [-0.05, 0) is 62.4 Å². The van der Waals surface area contributed by atoms with Crippen LogP contribution in [0.4, 0.5) is 0 Å². The topological polar surface area (TPSA) is 131 Å². The molecule has 0 saturated heterocycles. The fourth-order valence-electron chi connectivity index (χ4n) is 5.29. The molecular formula is C33H44ClN5O5. The molecule has 3 aromatic rings. The van der Waals surface area contributed by atoms with Crippen LogP contribution < -0.4 is 10.5 Å². The second kappa shape index (κ2) is 16.8. The van der Waals surface area contributed by atoms with Crippen LogP contribution in [0.1, 0.15) is 84.1 Å². The van der Waals surface area contributed by atoms with Gasteiger partial charge in [0.15, 0.2) is 5.69 Å². The molecule has 0 spiro atoms. The fraction of sp³-hybridized carbons (Fsp3) is 0.455. The molecule has 3 N–H and O–H groups in total. The van der Waals surface area contributed by atoms with Crippen LogP contribution in [0.3, 0.4) is 0 Å². The van der Waals surface area contributed by atoms with Gasteiger partial charge in [-0.2, -0.15) is 5.10 Å². The molecule has 3 amide bonds. The number of primary amides is 1. The summed E-state index contributed by atoms with van der Waals surface area (Å²) in [5.74, 6) is 0.0992. The summed E-state index contributed by atoms with van der Waals surface area (Å²) in [6.07, 6.45) is 4.56. The Kier molecular flexibility index (Phi) is 13.2. The summed E-state index contributed by atoms with van der Waals surface area (Å²) < 4.78 is 7.34. The van der Waals surface area contributed by atoms with Crippen molar-refractivity contribution in [3.8, 4) is 11.4 Å². The Labute approximate surface area is 264 Å². The van der Waals surface area contributed by atoms with Crippen molar-refractivity contribution >= 4 is 29.8 Å². The zero-order valence-electron chi connectivity index (χ0n) is 26.1. The van der Waals surface area contributed by atoms with Crippen molar-refractivity contribution < 1.29 is 24.2 Å². The van der Waals surface area contributed by atoms with Gasteiger partial charge in [-0.3, -0.25) is 14.4 Å². The van der Waals surface area contributed by atoms with E-state index in [0.29, 0.717) is 55.4 Å². The van der Waals surface area contributed by atoms with Gasteiger partial charge in [-0.1, -0.05) is 62.6 Å². The van der Waals surface area contributed by atoms with Crippen LogP contribution >= 0.6 is 11.6 Å². The standard InChI is InChI=1S/C32H41ClN4O4.CH3NO/c1-5-8-16-35(17-9-6-2)32(40)30-29(33)22(4)37(34-30)28-15-14-26(41-7-3)19-27(28)31(39)36-20-24-13-11-10-12-23(24)18-25(36)21-38;2-1-3/h10-15,19,25,38H,5-9,16-18,20-21H2,1-4H3;1H,(H2,2,3). The minimum absolute atomic E-state index is 0.156. The third-order valence-electron chi connectivity index (χ3n) is 7.66. The smallest absolute Gasteiger partial charge is 0.275 e. The van der Waals surface area contributed by atoms with Crippen molar-refractivity contribution in [2.45, 2.75) is 72.4 Å². The molecular weight excluding hydrogens is 582 g/mol. The Morgan fingerprint density at radius 1 is 1.11 bits per heavy atom. The van der Waals surface area contributed by atoms with Crippen molar-refractivity contribution in [1.82, 2.24) is 19.6 Å². The number of benzene rings is 2. The summed E-state index contributed by atoms with van der Waals surface area (Å²) >= 11 is 6.75. The number of fused-ring (bicyclic) bond motifs is 1. The predicted octanol–water partition coefficient (Wildman–Crippen LogP) is 4.94. The molecule has 0 radical (unpaired) electrons. The van der Waals surface area contributed by atoms with Crippen molar-refractivity contribution in [1.29, 1.82) is 0 Å². The first-order valence-corrected chi connectivity index (χ1v) is 15.6. The van der Waals surface area contributed by atoms with Crippen molar-refractivity contribution in [2.24, 2.45) is 5.73 Å². The zero-order valence-corrected chi connectivity index (χ0v) is 26.8. The molecule has 10 nitrogen and oxygen atoms in total. The van der Waals surface area contributed by atoms with E-state index < -0.39 is 0 Å². The lowest BCUT2D eigenvalue weighted by atomic mass is 9.93. The second-order valence-corrected chi connectivity index (χ2v) is 11.0. The van der Waals surface area contributed by atoms with E-state index in [1.165, 1.54) is 0 Å². The summed E-state index contributed by atoms with van der Waals surface area (Å²) in [4.78, 5) is 40.0. The van der Waals surface area contributed by atoms with E-state index >= 15 is 0 Å². The minimum Gasteiger partial charge on any atom is -0.494 e. The lowest BCUT2D eigenvalue weighted by molar-refractivity contribution is -0.106. The van der Waals surface area contributed by atoms with Gasteiger partial charge in [0.25, 0.3) is 11.8 Å². The molecule has 0 bridgehead atoms. The van der Waals surface area contributed by atoms with E-state index in [-0.39, 0.29) is 41.6 Å². The van der Waals surface area contributed by atoms with E-state index in [2.05, 4.69) is 24.7 Å². The number of hydrogen-bond donors (Lipinski definition) is 2. The Bertz CT molecular complexity index is 1420. The van der Waals surface area contributed by atoms with Gasteiger partial charge in [0.2, 0.25) is 6.41 Å². The first-order chi connectivity index (χ1) is 21.3. The molecule has 1 atom stereocenters. The maximum absolute atomic E-state index is 14.2. The molecule has 0 fully saturated rings. The summed E-state index contributed by atoms with van der Waals surface area (Å²) in [5, 5.41) is 15.2. The van der Waals surface area contributed by atoms with Crippen LogP contribution in [-0.4, -0.2) is 75.3 Å². The van der Waals surface area contributed by atoms with Gasteiger partial charge in [0.05, 0.1) is 41.2 Å². The summed E-state index contributed by atoms with van der Waals surface area (Å²) in [6, 6.07) is 12.9. The third-order valence-corrected chi connectivity index (χ3v) is 8.11. The van der Waals surface area contributed by atoms with Gasteiger partial charge < -0.3 is 25.4 Å². The first kappa shape index (κ1) is 34.6. The van der Waals surface area contributed by atoms with Crippen molar-refractivity contribution in [2.75, 3.05) is 26.3 Å². The predicted molar refractivity (Wildman–Crippen MR) is 171 cm³/mol. The normalized spacial score (nSPS) is 13.9. The highest BCUT2D eigenvalue weighted by atomic mass is 35.5. The van der Waals surface area contributed by atoms with E-state index in [1.54, 1.807) is 34.7 Å². The van der Waals surface area contributed by atoms with Gasteiger partial charge >= 0.3 is 0 Å². The zero-order chi connectivity index (χ0) is 32.2. The number of rotatable bonds is 12. The first-order valence-electron chi connectivity index (χ1n) is 15.2. The molecule has 1 aliphatic rings. The number of carbonyl (C=O) groups excluding carboxylic acids is 3. The fourth-order valence-corrected chi connectivity index (χ4v) is 5.49. The number of amides is 3. The number of aromatic nitrogens is 2. The molecule has 4 rings (SSSR count). The molecule has 1 aliphatic heterocycles. The molecule has 2 heterocycles. The van der Waals surface area contributed by atoms with E-state index in [9.17, 15) is 14.7 Å². The van der Waals surface area contributed by atoms with Gasteiger partial charge in [0.1, 0.15) is 5.75 Å². The Morgan fingerprint density at radius 2 is 1.75 bits per heavy atom. The van der Waals surface area contributed by atoms with Gasteiger partial charge in [-0.25, -0.2) is 4.68 Å². The molecule has 0 saturated carbocycles. The second-order valence-electron chi connectivity index (χ2n) is 10.6. The Morgan fingerprint density at radius 3 is 2.34 bits per heavy atom. The lowest BCUT2D eigenvalue weighted by Gasteiger charge is -2.36. The minimum atomic E-state index is -0.369. The molecule has 1 aromatic heterocycles. The average Bonchev–Trinajstić information content (AvgIpc) is 3.33. The number of halogens is 1. The van der Waals surface area contributed by atoms with Gasteiger partial charge in [-0.15, -0.1) is 0 Å². The highest BCUT2D eigenvalue weighted by Crippen LogP contribution is 2.31. The van der Waals surface area contributed by atoms with E-state index in [1.807, 2.05) is 36.1 Å². The van der Waals surface area contributed by atoms with E-state index in [0.717, 1.165) is 36.8 Å². The number of aliphatic hydroxyl groups is 1. The number of ether oxygens (including phenoxy) is 1. The third kappa shape index (κ3) is 7.98. The Balaban J connectivity index is 0.00000169. The van der Waals surface area contributed by atoms with Crippen LogP contribution in [0.15, 0.2) is 42.5 Å². The number of unbranched alkanes of at least 4 members (excludes halogenated alkanes) is 2.